The summed E-state index contributed by atoms with van der Waals surface area (Å²) in [5.41, 5.74) is 0.248. The first-order valence-corrected chi connectivity index (χ1v) is 6.74. The first-order valence-electron chi connectivity index (χ1n) is 6.10. The third-order valence-corrected chi connectivity index (χ3v) is 4.62. The van der Waals surface area contributed by atoms with Crippen molar-refractivity contribution in [3.63, 3.8) is 0 Å². The summed E-state index contributed by atoms with van der Waals surface area (Å²) in [5.74, 6) is 1.17. The Morgan fingerprint density at radius 3 is 2.50 bits per heavy atom. The van der Waals surface area contributed by atoms with Crippen LogP contribution in [0.3, 0.4) is 0 Å². The summed E-state index contributed by atoms with van der Waals surface area (Å²) in [6.45, 7) is 1.72. The summed E-state index contributed by atoms with van der Waals surface area (Å²) < 4.78 is 5.30. The van der Waals surface area contributed by atoms with Crippen molar-refractivity contribution in [1.82, 2.24) is 4.90 Å². The van der Waals surface area contributed by atoms with Crippen molar-refractivity contribution in [3.05, 3.63) is 0 Å². The molecule has 1 saturated heterocycles. The molecule has 0 aromatic heterocycles. The van der Waals surface area contributed by atoms with Gasteiger partial charge in [0.2, 0.25) is 5.91 Å². The third-order valence-electron chi connectivity index (χ3n) is 3.95. The Labute approximate surface area is 103 Å². The largest absolute Gasteiger partial charge is 0.381 e. The fraction of sp³-hybridized carbons (Fsp3) is 0.917. The van der Waals surface area contributed by atoms with E-state index in [1.165, 1.54) is 12.8 Å². The van der Waals surface area contributed by atoms with Gasteiger partial charge in [-0.05, 0) is 36.9 Å². The molecule has 1 saturated carbocycles. The van der Waals surface area contributed by atoms with Crippen molar-refractivity contribution in [2.75, 3.05) is 26.0 Å². The van der Waals surface area contributed by atoms with Gasteiger partial charge in [0, 0.05) is 26.6 Å². The molecule has 0 aromatic rings. The zero-order valence-electron chi connectivity index (χ0n) is 9.95. The van der Waals surface area contributed by atoms with Crippen LogP contribution in [-0.2, 0) is 9.53 Å². The summed E-state index contributed by atoms with van der Waals surface area (Å²) >= 11 is 4.34. The van der Waals surface area contributed by atoms with E-state index in [2.05, 4.69) is 12.6 Å². The van der Waals surface area contributed by atoms with E-state index >= 15 is 0 Å². The maximum atomic E-state index is 12.1. The predicted octanol–water partition coefficient (Wildman–Crippen LogP) is 1.72. The van der Waals surface area contributed by atoms with Gasteiger partial charge in [0.1, 0.15) is 0 Å². The monoisotopic (exact) mass is 243 g/mol. The smallest absolute Gasteiger partial charge is 0.223 e. The van der Waals surface area contributed by atoms with Crippen LogP contribution in [0.5, 0.6) is 0 Å². The molecule has 0 unspecified atom stereocenters. The Morgan fingerprint density at radius 2 is 2.06 bits per heavy atom. The molecule has 0 aromatic carbocycles. The Bertz CT molecular complexity index is 258. The zero-order chi connectivity index (χ0) is 11.6. The molecule has 2 fully saturated rings. The van der Waals surface area contributed by atoms with Crippen LogP contribution in [0, 0.1) is 5.41 Å². The van der Waals surface area contributed by atoms with Gasteiger partial charge in [0.15, 0.2) is 0 Å². The highest BCUT2D eigenvalue weighted by atomic mass is 32.1. The fourth-order valence-electron chi connectivity index (χ4n) is 2.34. The Balaban J connectivity index is 1.78. The predicted molar refractivity (Wildman–Crippen MR) is 66.7 cm³/mol. The van der Waals surface area contributed by atoms with Gasteiger partial charge < -0.3 is 9.64 Å². The number of carbonyl (C=O) groups excluding carboxylic acids is 1. The SMILES string of the molecule is COC1CCN(C(=O)CC2(CS)CC2)CC1. The van der Waals surface area contributed by atoms with Crippen molar-refractivity contribution < 1.29 is 9.53 Å². The van der Waals surface area contributed by atoms with Crippen molar-refractivity contribution >= 4 is 18.5 Å². The number of hydrogen-bond donors (Lipinski definition) is 1. The molecule has 1 aliphatic carbocycles. The number of amides is 1. The molecule has 0 radical (unpaired) electrons. The number of ether oxygens (including phenoxy) is 1. The number of likely N-dealkylation sites (tertiary alicyclic amines) is 1. The van der Waals surface area contributed by atoms with Crippen molar-refractivity contribution in [1.29, 1.82) is 0 Å². The van der Waals surface area contributed by atoms with Gasteiger partial charge in [-0.3, -0.25) is 4.79 Å². The molecule has 0 spiro atoms. The molecule has 4 heteroatoms. The van der Waals surface area contributed by atoms with Gasteiger partial charge in [-0.15, -0.1) is 0 Å². The second-order valence-corrected chi connectivity index (χ2v) is 5.47. The minimum absolute atomic E-state index is 0.248. The first-order chi connectivity index (χ1) is 7.69. The van der Waals surface area contributed by atoms with Gasteiger partial charge in [0.25, 0.3) is 0 Å². The lowest BCUT2D eigenvalue weighted by Crippen LogP contribution is -2.41. The van der Waals surface area contributed by atoms with Gasteiger partial charge in [-0.25, -0.2) is 0 Å². The number of carbonyl (C=O) groups is 1. The standard InChI is InChI=1S/C12H21NO2S/c1-15-10-2-6-13(7-3-10)11(14)8-12(9-16)4-5-12/h10,16H,2-9H2,1H3. The van der Waals surface area contributed by atoms with Crippen LogP contribution in [0.2, 0.25) is 0 Å². The van der Waals surface area contributed by atoms with E-state index in [9.17, 15) is 4.79 Å². The second kappa shape index (κ2) is 4.96. The minimum atomic E-state index is 0.248. The Hall–Kier alpha value is -0.220. The Kier molecular flexibility index (Phi) is 3.80. The van der Waals surface area contributed by atoms with Crippen molar-refractivity contribution in [3.8, 4) is 0 Å². The molecular weight excluding hydrogens is 222 g/mol. The summed E-state index contributed by atoms with van der Waals surface area (Å²) in [7, 11) is 1.75. The average Bonchev–Trinajstić information content (AvgIpc) is 3.09. The molecule has 2 aliphatic rings. The van der Waals surface area contributed by atoms with Crippen LogP contribution in [-0.4, -0.2) is 42.9 Å². The maximum absolute atomic E-state index is 12.1. The van der Waals surface area contributed by atoms with E-state index in [4.69, 9.17) is 4.74 Å². The molecule has 2 rings (SSSR count). The third kappa shape index (κ3) is 2.72. The maximum Gasteiger partial charge on any atom is 0.223 e. The number of nitrogens with zero attached hydrogens (tertiary/aromatic N) is 1. The molecule has 0 bridgehead atoms. The summed E-state index contributed by atoms with van der Waals surface area (Å²) in [6, 6.07) is 0. The van der Waals surface area contributed by atoms with Gasteiger partial charge in [-0.2, -0.15) is 12.6 Å². The number of piperidine rings is 1. The quantitative estimate of drug-likeness (QED) is 0.762. The number of methoxy groups -OCH3 is 1. The first kappa shape index (κ1) is 12.2. The van der Waals surface area contributed by atoms with Crippen LogP contribution >= 0.6 is 12.6 Å². The van der Waals surface area contributed by atoms with Crippen LogP contribution in [0.4, 0.5) is 0 Å². The summed E-state index contributed by atoms with van der Waals surface area (Å²) in [5, 5.41) is 0. The topological polar surface area (TPSA) is 29.5 Å². The highest BCUT2D eigenvalue weighted by Gasteiger charge is 2.43. The van der Waals surface area contributed by atoms with E-state index in [1.807, 2.05) is 4.90 Å². The van der Waals surface area contributed by atoms with Crippen LogP contribution < -0.4 is 0 Å². The van der Waals surface area contributed by atoms with Crippen LogP contribution in [0.15, 0.2) is 0 Å². The molecule has 1 heterocycles. The molecule has 3 nitrogen and oxygen atoms in total. The fourth-order valence-corrected chi connectivity index (χ4v) is 2.77. The van der Waals surface area contributed by atoms with E-state index in [0.717, 1.165) is 31.7 Å². The molecule has 1 amide bonds. The molecule has 16 heavy (non-hydrogen) atoms. The summed E-state index contributed by atoms with van der Waals surface area (Å²) in [4.78, 5) is 14.1. The Morgan fingerprint density at radius 1 is 1.44 bits per heavy atom. The number of hydrogen-bond acceptors (Lipinski definition) is 3. The lowest BCUT2D eigenvalue weighted by molar-refractivity contribution is -0.134. The van der Waals surface area contributed by atoms with Gasteiger partial charge in [0.05, 0.1) is 6.10 Å². The van der Waals surface area contributed by atoms with Gasteiger partial charge in [-0.1, -0.05) is 0 Å². The van der Waals surface area contributed by atoms with Crippen molar-refractivity contribution in [2.24, 2.45) is 5.41 Å². The molecular formula is C12H21NO2S. The van der Waals surface area contributed by atoms with Gasteiger partial charge >= 0.3 is 0 Å². The van der Waals surface area contributed by atoms with Crippen molar-refractivity contribution in [2.45, 2.75) is 38.2 Å². The highest BCUT2D eigenvalue weighted by molar-refractivity contribution is 7.80. The molecule has 0 N–H and O–H groups in total. The van der Waals surface area contributed by atoms with E-state index in [1.54, 1.807) is 7.11 Å². The van der Waals surface area contributed by atoms with E-state index < -0.39 is 0 Å². The van der Waals surface area contributed by atoms with Crippen LogP contribution in [0.1, 0.15) is 32.1 Å². The second-order valence-electron chi connectivity index (χ2n) is 5.15. The van der Waals surface area contributed by atoms with E-state index in [0.29, 0.717) is 18.4 Å². The summed E-state index contributed by atoms with van der Waals surface area (Å²) in [6.07, 6.45) is 5.37. The average molecular weight is 243 g/mol. The number of thiol groups is 1. The minimum Gasteiger partial charge on any atom is -0.381 e. The van der Waals surface area contributed by atoms with E-state index in [-0.39, 0.29) is 5.41 Å². The lowest BCUT2D eigenvalue weighted by Gasteiger charge is -2.32. The van der Waals surface area contributed by atoms with Crippen LogP contribution in [0.25, 0.3) is 0 Å². The molecule has 92 valence electrons. The highest BCUT2D eigenvalue weighted by Crippen LogP contribution is 2.49. The normalized spacial score (nSPS) is 24.5. The number of rotatable bonds is 4. The zero-order valence-corrected chi connectivity index (χ0v) is 10.8. The molecule has 0 atom stereocenters. The lowest BCUT2D eigenvalue weighted by atomic mass is 10.0. The molecule has 1 aliphatic heterocycles.